The molecule has 0 heterocycles. The second-order valence-electron chi connectivity index (χ2n) is 9.64. The summed E-state index contributed by atoms with van der Waals surface area (Å²) in [5, 5.41) is 0. The molecule has 0 unspecified atom stereocenters. The van der Waals surface area contributed by atoms with Crippen molar-refractivity contribution in [2.24, 2.45) is 11.7 Å². The summed E-state index contributed by atoms with van der Waals surface area (Å²) in [5.74, 6) is 0.853. The third-order valence-corrected chi connectivity index (χ3v) is 6.13. The topological polar surface area (TPSA) is 29.3 Å². The van der Waals surface area contributed by atoms with Gasteiger partial charge >= 0.3 is 0 Å². The predicted octanol–water partition coefficient (Wildman–Crippen LogP) is 6.03. The Balaban J connectivity index is 1.70. The van der Waals surface area contributed by atoms with Crippen molar-refractivity contribution in [1.82, 2.24) is 4.90 Å². The van der Waals surface area contributed by atoms with E-state index in [0.29, 0.717) is 6.54 Å². The average Bonchev–Trinajstić information content (AvgIpc) is 2.69. The molecule has 0 aliphatic heterocycles. The molecule has 2 nitrogen and oxygen atoms in total. The number of nitrogens with zero attached hydrogens (tertiary/aromatic N) is 1. The molecule has 2 aromatic carbocycles. The fraction of sp³-hybridized carbons (Fsp3) is 0.538. The molecule has 152 valence electrons. The number of rotatable bonds is 7. The molecule has 1 saturated carbocycles. The minimum absolute atomic E-state index is 0.213. The predicted molar refractivity (Wildman–Crippen MR) is 120 cm³/mol. The van der Waals surface area contributed by atoms with E-state index in [0.717, 1.165) is 19.0 Å². The highest BCUT2D eigenvalue weighted by molar-refractivity contribution is 5.28. The van der Waals surface area contributed by atoms with Crippen LogP contribution in [0.4, 0.5) is 0 Å². The van der Waals surface area contributed by atoms with Gasteiger partial charge in [-0.1, -0.05) is 88.6 Å². The van der Waals surface area contributed by atoms with Crippen LogP contribution in [0.5, 0.6) is 0 Å². The Hall–Kier alpha value is -1.64. The lowest BCUT2D eigenvalue weighted by molar-refractivity contribution is 0.187. The molecule has 1 aliphatic rings. The van der Waals surface area contributed by atoms with E-state index in [1.807, 2.05) is 0 Å². The Kier molecular flexibility index (Phi) is 7.31. The van der Waals surface area contributed by atoms with Gasteiger partial charge in [-0.2, -0.15) is 0 Å². The van der Waals surface area contributed by atoms with Gasteiger partial charge < -0.3 is 5.73 Å². The zero-order valence-corrected chi connectivity index (χ0v) is 18.1. The Labute approximate surface area is 172 Å². The summed E-state index contributed by atoms with van der Waals surface area (Å²) in [7, 11) is 0. The minimum atomic E-state index is 0.213. The summed E-state index contributed by atoms with van der Waals surface area (Å²) >= 11 is 0. The lowest BCUT2D eigenvalue weighted by Gasteiger charge is -2.30. The van der Waals surface area contributed by atoms with Crippen molar-refractivity contribution in [2.75, 3.05) is 6.54 Å². The molecule has 2 heteroatoms. The highest BCUT2D eigenvalue weighted by atomic mass is 15.1. The fourth-order valence-electron chi connectivity index (χ4n) is 4.33. The van der Waals surface area contributed by atoms with Crippen LogP contribution >= 0.6 is 0 Å². The molecule has 1 fully saturated rings. The molecule has 0 aromatic heterocycles. The van der Waals surface area contributed by atoms with Gasteiger partial charge in [0.2, 0.25) is 0 Å². The van der Waals surface area contributed by atoms with Crippen LogP contribution in [0.25, 0.3) is 0 Å². The molecule has 28 heavy (non-hydrogen) atoms. The van der Waals surface area contributed by atoms with E-state index in [2.05, 4.69) is 74.2 Å². The molecule has 2 aromatic rings. The molecule has 3 rings (SSSR count). The second-order valence-corrected chi connectivity index (χ2v) is 9.64. The molecule has 0 spiro atoms. The van der Waals surface area contributed by atoms with Crippen molar-refractivity contribution in [1.29, 1.82) is 0 Å². The maximum Gasteiger partial charge on any atom is 0.0237 e. The van der Waals surface area contributed by atoms with Gasteiger partial charge in [-0.3, -0.25) is 4.90 Å². The van der Waals surface area contributed by atoms with Crippen molar-refractivity contribution >= 4 is 0 Å². The van der Waals surface area contributed by atoms with Gasteiger partial charge in [-0.25, -0.2) is 0 Å². The van der Waals surface area contributed by atoms with Crippen LogP contribution in [-0.2, 0) is 25.0 Å². The first-order chi connectivity index (χ1) is 13.4. The Morgan fingerprint density at radius 1 is 0.786 bits per heavy atom. The highest BCUT2D eigenvalue weighted by Crippen LogP contribution is 2.26. The Morgan fingerprint density at radius 3 is 1.79 bits per heavy atom. The number of hydrogen-bond acceptors (Lipinski definition) is 2. The summed E-state index contributed by atoms with van der Waals surface area (Å²) in [5.41, 5.74) is 11.4. The van der Waals surface area contributed by atoms with Crippen LogP contribution < -0.4 is 5.73 Å². The lowest BCUT2D eigenvalue weighted by atomic mass is 9.86. The summed E-state index contributed by atoms with van der Waals surface area (Å²) in [4.78, 5) is 2.65. The van der Waals surface area contributed by atoms with Crippen LogP contribution in [-0.4, -0.2) is 11.4 Å². The highest BCUT2D eigenvalue weighted by Gasteiger charge is 2.18. The van der Waals surface area contributed by atoms with E-state index < -0.39 is 0 Å². The van der Waals surface area contributed by atoms with Crippen molar-refractivity contribution in [2.45, 2.75) is 77.9 Å². The summed E-state index contributed by atoms with van der Waals surface area (Å²) in [6.45, 7) is 10.7. The molecule has 0 radical (unpaired) electrons. The molecule has 0 amide bonds. The fourth-order valence-corrected chi connectivity index (χ4v) is 4.33. The Bertz CT molecular complexity index is 704. The van der Waals surface area contributed by atoms with E-state index in [4.69, 9.17) is 5.73 Å². The molecule has 1 aliphatic carbocycles. The van der Waals surface area contributed by atoms with Crippen LogP contribution in [0.2, 0.25) is 0 Å². The monoisotopic (exact) mass is 378 g/mol. The van der Waals surface area contributed by atoms with Crippen LogP contribution in [0.3, 0.4) is 0 Å². The maximum atomic E-state index is 5.76. The molecule has 0 saturated heterocycles. The van der Waals surface area contributed by atoms with Crippen LogP contribution in [0.15, 0.2) is 48.5 Å². The molecule has 2 N–H and O–H groups in total. The van der Waals surface area contributed by atoms with Crippen molar-refractivity contribution in [3.05, 3.63) is 70.8 Å². The first-order valence-electron chi connectivity index (χ1n) is 11.0. The first kappa shape index (κ1) is 21.1. The van der Waals surface area contributed by atoms with E-state index in [9.17, 15) is 0 Å². The van der Waals surface area contributed by atoms with Gasteiger partial charge in [0.1, 0.15) is 0 Å². The first-order valence-corrected chi connectivity index (χ1v) is 11.0. The zero-order chi connectivity index (χ0) is 20.0. The Morgan fingerprint density at radius 2 is 1.29 bits per heavy atom. The van der Waals surface area contributed by atoms with Crippen LogP contribution in [0.1, 0.15) is 75.1 Å². The third-order valence-electron chi connectivity index (χ3n) is 6.13. The largest absolute Gasteiger partial charge is 0.326 e. The average molecular weight is 379 g/mol. The third kappa shape index (κ3) is 6.18. The normalized spacial score (nSPS) is 15.9. The van der Waals surface area contributed by atoms with Crippen molar-refractivity contribution < 1.29 is 0 Å². The summed E-state index contributed by atoms with van der Waals surface area (Å²) < 4.78 is 0. The molecular formula is C26H38N2. The molecule has 0 bridgehead atoms. The molecular weight excluding hydrogens is 340 g/mol. The smallest absolute Gasteiger partial charge is 0.0237 e. The van der Waals surface area contributed by atoms with Crippen molar-refractivity contribution in [3.8, 4) is 0 Å². The number of benzene rings is 2. The zero-order valence-electron chi connectivity index (χ0n) is 18.1. The van der Waals surface area contributed by atoms with Crippen molar-refractivity contribution in [3.63, 3.8) is 0 Å². The lowest BCUT2D eigenvalue weighted by Crippen LogP contribution is -2.30. The quantitative estimate of drug-likeness (QED) is 0.638. The van der Waals surface area contributed by atoms with E-state index >= 15 is 0 Å². The number of nitrogens with two attached hydrogens (primary N) is 1. The van der Waals surface area contributed by atoms with Gasteiger partial charge in [0, 0.05) is 26.2 Å². The van der Waals surface area contributed by atoms with Gasteiger partial charge in [0.25, 0.3) is 0 Å². The second kappa shape index (κ2) is 9.71. The van der Waals surface area contributed by atoms with Gasteiger partial charge in [0.15, 0.2) is 0 Å². The summed E-state index contributed by atoms with van der Waals surface area (Å²) in [6.07, 6.45) is 7.02. The van der Waals surface area contributed by atoms with E-state index in [-0.39, 0.29) is 5.41 Å². The maximum absolute atomic E-state index is 5.76. The number of hydrogen-bond donors (Lipinski definition) is 1. The summed E-state index contributed by atoms with van der Waals surface area (Å²) in [6, 6.07) is 18.1. The standard InChI is InChI=1S/C26H38N2/c1-26(2,3)25-15-13-24(14-16-25)20-28(18-22-7-5-4-6-8-22)19-23-11-9-21(17-27)10-12-23/h9-16,22H,4-8,17-20,27H2,1-3H3. The van der Waals surface area contributed by atoms with Gasteiger partial charge in [-0.05, 0) is 46.4 Å². The SMILES string of the molecule is CC(C)(C)c1ccc(CN(Cc2ccc(CN)cc2)CC2CCCCC2)cc1. The van der Waals surface area contributed by atoms with E-state index in [1.165, 1.54) is 60.9 Å². The molecule has 0 atom stereocenters. The van der Waals surface area contributed by atoms with Gasteiger partial charge in [0.05, 0.1) is 0 Å². The van der Waals surface area contributed by atoms with Gasteiger partial charge in [-0.15, -0.1) is 0 Å². The van der Waals surface area contributed by atoms with Crippen LogP contribution in [0, 0.1) is 5.92 Å². The van der Waals surface area contributed by atoms with E-state index in [1.54, 1.807) is 0 Å². The minimum Gasteiger partial charge on any atom is -0.326 e.